The molecule has 1 saturated heterocycles. The number of rotatable bonds is 3. The topological polar surface area (TPSA) is 46.8 Å². The quantitative estimate of drug-likeness (QED) is 0.819. The Morgan fingerprint density at radius 2 is 2.06 bits per heavy atom. The van der Waals surface area contributed by atoms with E-state index in [2.05, 4.69) is 26.4 Å². The molecule has 18 heavy (non-hydrogen) atoms. The third kappa shape index (κ3) is 1.66. The van der Waals surface area contributed by atoms with Crippen LogP contribution in [0.1, 0.15) is 30.5 Å². The first-order valence-electron chi connectivity index (χ1n) is 6.48. The van der Waals surface area contributed by atoms with Gasteiger partial charge < -0.3 is 4.90 Å². The SMILES string of the molecule is c1ccc(N2CC(n3cc(C4CC4)nn3)C2)nc1. The van der Waals surface area contributed by atoms with Gasteiger partial charge in [-0.05, 0) is 25.0 Å². The highest BCUT2D eigenvalue weighted by Crippen LogP contribution is 2.39. The summed E-state index contributed by atoms with van der Waals surface area (Å²) in [6.45, 7) is 1.95. The molecule has 0 bridgehead atoms. The average molecular weight is 241 g/mol. The molecule has 1 aliphatic carbocycles. The molecule has 2 aromatic rings. The predicted molar refractivity (Wildman–Crippen MR) is 67.5 cm³/mol. The Labute approximate surface area is 105 Å². The molecule has 0 aromatic carbocycles. The number of nitrogens with zero attached hydrogens (tertiary/aromatic N) is 5. The largest absolute Gasteiger partial charge is 0.352 e. The molecule has 1 aliphatic heterocycles. The number of aromatic nitrogens is 4. The summed E-state index contributed by atoms with van der Waals surface area (Å²) in [5.41, 5.74) is 1.17. The minimum Gasteiger partial charge on any atom is -0.352 e. The van der Waals surface area contributed by atoms with E-state index >= 15 is 0 Å². The van der Waals surface area contributed by atoms with E-state index in [1.807, 2.05) is 29.1 Å². The van der Waals surface area contributed by atoms with Crippen molar-refractivity contribution in [3.8, 4) is 0 Å². The zero-order chi connectivity index (χ0) is 11.9. The van der Waals surface area contributed by atoms with Crippen molar-refractivity contribution in [1.82, 2.24) is 20.0 Å². The van der Waals surface area contributed by atoms with Crippen molar-refractivity contribution < 1.29 is 0 Å². The van der Waals surface area contributed by atoms with Crippen LogP contribution in [0.15, 0.2) is 30.6 Å². The van der Waals surface area contributed by atoms with Crippen LogP contribution < -0.4 is 4.90 Å². The molecule has 0 spiro atoms. The van der Waals surface area contributed by atoms with Crippen LogP contribution in [0.5, 0.6) is 0 Å². The molecule has 92 valence electrons. The summed E-state index contributed by atoms with van der Waals surface area (Å²) in [6, 6.07) is 6.47. The van der Waals surface area contributed by atoms with Crippen molar-refractivity contribution in [2.24, 2.45) is 0 Å². The molecule has 4 rings (SSSR count). The molecule has 0 radical (unpaired) electrons. The van der Waals surface area contributed by atoms with E-state index in [0.29, 0.717) is 12.0 Å². The van der Waals surface area contributed by atoms with Crippen molar-refractivity contribution in [1.29, 1.82) is 0 Å². The molecule has 5 nitrogen and oxygen atoms in total. The average Bonchev–Trinajstić information content (AvgIpc) is 3.09. The number of pyridine rings is 1. The van der Waals surface area contributed by atoms with Gasteiger partial charge in [-0.3, -0.25) is 0 Å². The zero-order valence-electron chi connectivity index (χ0n) is 10.1. The molecular formula is C13H15N5. The Balaban J connectivity index is 1.43. The van der Waals surface area contributed by atoms with E-state index in [9.17, 15) is 0 Å². The van der Waals surface area contributed by atoms with Gasteiger partial charge in [0.05, 0.1) is 11.7 Å². The highest BCUT2D eigenvalue weighted by molar-refractivity contribution is 5.41. The number of anilines is 1. The fourth-order valence-corrected chi connectivity index (χ4v) is 2.39. The number of hydrogen-bond donors (Lipinski definition) is 0. The summed E-state index contributed by atoms with van der Waals surface area (Å²) in [5, 5.41) is 8.50. The Hall–Kier alpha value is -1.91. The minimum atomic E-state index is 0.451. The lowest BCUT2D eigenvalue weighted by Crippen LogP contribution is -2.48. The summed E-state index contributed by atoms with van der Waals surface area (Å²) >= 11 is 0. The Morgan fingerprint density at radius 1 is 1.17 bits per heavy atom. The van der Waals surface area contributed by atoms with Gasteiger partial charge in [0.25, 0.3) is 0 Å². The molecular weight excluding hydrogens is 226 g/mol. The van der Waals surface area contributed by atoms with Gasteiger partial charge in [-0.15, -0.1) is 5.10 Å². The smallest absolute Gasteiger partial charge is 0.128 e. The van der Waals surface area contributed by atoms with Crippen molar-refractivity contribution >= 4 is 5.82 Å². The fourth-order valence-electron chi connectivity index (χ4n) is 2.39. The van der Waals surface area contributed by atoms with Crippen LogP contribution >= 0.6 is 0 Å². The van der Waals surface area contributed by atoms with Gasteiger partial charge >= 0.3 is 0 Å². The molecule has 5 heteroatoms. The molecule has 0 amide bonds. The summed E-state index contributed by atoms with van der Waals surface area (Å²) < 4.78 is 2.02. The van der Waals surface area contributed by atoms with Crippen LogP contribution in [0.4, 0.5) is 5.82 Å². The first-order chi connectivity index (χ1) is 8.90. The molecule has 2 fully saturated rings. The molecule has 3 heterocycles. The van der Waals surface area contributed by atoms with Crippen molar-refractivity contribution in [2.45, 2.75) is 24.8 Å². The second-order valence-corrected chi connectivity index (χ2v) is 5.14. The monoisotopic (exact) mass is 241 g/mol. The Kier molecular flexibility index (Phi) is 2.12. The van der Waals surface area contributed by atoms with Gasteiger partial charge in [-0.2, -0.15) is 0 Å². The zero-order valence-corrected chi connectivity index (χ0v) is 10.1. The van der Waals surface area contributed by atoms with Crippen molar-refractivity contribution in [3.05, 3.63) is 36.3 Å². The molecule has 2 aliphatic rings. The third-order valence-electron chi connectivity index (χ3n) is 3.73. The van der Waals surface area contributed by atoms with Gasteiger partial charge in [0.15, 0.2) is 0 Å². The maximum atomic E-state index is 4.35. The van der Waals surface area contributed by atoms with Crippen LogP contribution in [-0.2, 0) is 0 Å². The van der Waals surface area contributed by atoms with E-state index in [1.54, 1.807) is 0 Å². The summed E-state index contributed by atoms with van der Waals surface area (Å²) in [4.78, 5) is 6.62. The van der Waals surface area contributed by atoms with Crippen molar-refractivity contribution in [3.63, 3.8) is 0 Å². The number of hydrogen-bond acceptors (Lipinski definition) is 4. The first kappa shape index (κ1) is 10.1. The van der Waals surface area contributed by atoms with Gasteiger partial charge in [0.2, 0.25) is 0 Å². The van der Waals surface area contributed by atoms with Crippen molar-refractivity contribution in [2.75, 3.05) is 18.0 Å². The van der Waals surface area contributed by atoms with Crippen LogP contribution in [-0.4, -0.2) is 33.1 Å². The third-order valence-corrected chi connectivity index (χ3v) is 3.73. The first-order valence-corrected chi connectivity index (χ1v) is 6.48. The minimum absolute atomic E-state index is 0.451. The lowest BCUT2D eigenvalue weighted by atomic mass is 10.1. The summed E-state index contributed by atoms with van der Waals surface area (Å²) in [7, 11) is 0. The molecule has 0 unspecified atom stereocenters. The molecule has 0 N–H and O–H groups in total. The normalized spacial score (nSPS) is 19.9. The fraction of sp³-hybridized carbons (Fsp3) is 0.462. The lowest BCUT2D eigenvalue weighted by molar-refractivity contribution is 0.359. The van der Waals surface area contributed by atoms with Gasteiger partial charge in [0, 0.05) is 31.4 Å². The van der Waals surface area contributed by atoms with E-state index in [-0.39, 0.29) is 0 Å². The van der Waals surface area contributed by atoms with E-state index in [4.69, 9.17) is 0 Å². The lowest BCUT2D eigenvalue weighted by Gasteiger charge is -2.39. The Bertz CT molecular complexity index is 540. The molecule has 0 atom stereocenters. The maximum absolute atomic E-state index is 4.35. The van der Waals surface area contributed by atoms with E-state index in [1.165, 1.54) is 18.5 Å². The summed E-state index contributed by atoms with van der Waals surface area (Å²) in [6.07, 6.45) is 6.52. The molecule has 1 saturated carbocycles. The summed E-state index contributed by atoms with van der Waals surface area (Å²) in [5.74, 6) is 1.74. The predicted octanol–water partition coefficient (Wildman–Crippen LogP) is 1.61. The van der Waals surface area contributed by atoms with Crippen LogP contribution in [0.3, 0.4) is 0 Å². The van der Waals surface area contributed by atoms with Gasteiger partial charge in [0.1, 0.15) is 5.82 Å². The second-order valence-electron chi connectivity index (χ2n) is 5.14. The standard InChI is InChI=1S/C13H15N5/c1-2-6-14-13(3-1)17-7-11(8-17)18-9-12(15-16-18)10-4-5-10/h1-3,6,9-11H,4-5,7-8H2. The molecule has 2 aromatic heterocycles. The second kappa shape index (κ2) is 3.80. The van der Waals surface area contributed by atoms with Crippen LogP contribution in [0, 0.1) is 0 Å². The van der Waals surface area contributed by atoms with E-state index < -0.39 is 0 Å². The van der Waals surface area contributed by atoms with Crippen LogP contribution in [0.2, 0.25) is 0 Å². The van der Waals surface area contributed by atoms with Gasteiger partial charge in [-0.1, -0.05) is 11.3 Å². The van der Waals surface area contributed by atoms with Crippen LogP contribution in [0.25, 0.3) is 0 Å². The van der Waals surface area contributed by atoms with E-state index in [0.717, 1.165) is 18.9 Å². The highest BCUT2D eigenvalue weighted by atomic mass is 15.5. The highest BCUT2D eigenvalue weighted by Gasteiger charge is 2.32. The Morgan fingerprint density at radius 3 is 2.78 bits per heavy atom. The maximum Gasteiger partial charge on any atom is 0.128 e. The van der Waals surface area contributed by atoms with Gasteiger partial charge in [-0.25, -0.2) is 9.67 Å².